The summed E-state index contributed by atoms with van der Waals surface area (Å²) < 4.78 is 0. The Labute approximate surface area is 68.2 Å². The molecular weight excluding hydrogens is 144 g/mol. The van der Waals surface area contributed by atoms with Gasteiger partial charge in [-0.05, 0) is 38.9 Å². The summed E-state index contributed by atoms with van der Waals surface area (Å²) in [5, 5.41) is 0.0914. The molecule has 0 aromatic heterocycles. The van der Waals surface area contributed by atoms with Crippen LogP contribution in [-0.2, 0) is 0 Å². The van der Waals surface area contributed by atoms with Gasteiger partial charge in [0.05, 0.1) is 5.37 Å². The van der Waals surface area contributed by atoms with Gasteiger partial charge in [0.1, 0.15) is 0 Å². The molecule has 0 bridgehead atoms. The highest BCUT2D eigenvalue weighted by Crippen LogP contribution is 2.19. The Bertz CT molecular complexity index is 97.8. The predicted octanol–water partition coefficient (Wildman–Crippen LogP) is 0.543. The Kier molecular flexibility index (Phi) is 3.01. The number of nitrogens with two attached hydrogens (primary N) is 1. The Balaban J connectivity index is 2.26. The van der Waals surface area contributed by atoms with Gasteiger partial charge in [-0.25, -0.2) is 0 Å². The molecule has 60 valence electrons. The molecule has 1 unspecified atom stereocenters. The number of nitrogens with zero attached hydrogens (tertiary/aromatic N) is 1. The molecule has 0 aliphatic carbocycles. The number of hydrogen-bond donors (Lipinski definition) is 2. The lowest BCUT2D eigenvalue weighted by Crippen LogP contribution is -2.36. The predicted molar refractivity (Wildman–Crippen MR) is 47.2 cm³/mol. The average molecular weight is 160 g/mol. The molecular formula is C7H16N2S. The van der Waals surface area contributed by atoms with Crippen LogP contribution >= 0.6 is 12.6 Å². The van der Waals surface area contributed by atoms with E-state index in [0.29, 0.717) is 5.92 Å². The van der Waals surface area contributed by atoms with Gasteiger partial charge >= 0.3 is 0 Å². The monoisotopic (exact) mass is 160 g/mol. The van der Waals surface area contributed by atoms with Crippen LogP contribution in [0.2, 0.25) is 0 Å². The highest BCUT2D eigenvalue weighted by molar-refractivity contribution is 7.80. The van der Waals surface area contributed by atoms with Crippen molar-refractivity contribution in [2.75, 3.05) is 20.1 Å². The van der Waals surface area contributed by atoms with E-state index in [1.807, 2.05) is 0 Å². The Morgan fingerprint density at radius 3 is 2.40 bits per heavy atom. The summed E-state index contributed by atoms with van der Waals surface area (Å²) >= 11 is 4.23. The van der Waals surface area contributed by atoms with Crippen molar-refractivity contribution >= 4 is 12.6 Å². The Hall–Kier alpha value is 0.270. The molecule has 1 saturated heterocycles. The molecule has 0 radical (unpaired) electrons. The zero-order valence-electron chi connectivity index (χ0n) is 6.45. The second-order valence-electron chi connectivity index (χ2n) is 3.13. The van der Waals surface area contributed by atoms with Gasteiger partial charge in [0, 0.05) is 0 Å². The molecule has 1 aliphatic rings. The van der Waals surface area contributed by atoms with Crippen LogP contribution in [0.4, 0.5) is 0 Å². The first kappa shape index (κ1) is 8.37. The smallest absolute Gasteiger partial charge is 0.0506 e. The van der Waals surface area contributed by atoms with Crippen LogP contribution in [0.1, 0.15) is 12.8 Å². The third kappa shape index (κ3) is 2.15. The van der Waals surface area contributed by atoms with E-state index in [4.69, 9.17) is 5.73 Å². The number of thiol groups is 1. The zero-order valence-corrected chi connectivity index (χ0v) is 7.35. The van der Waals surface area contributed by atoms with Gasteiger partial charge in [0.2, 0.25) is 0 Å². The summed E-state index contributed by atoms with van der Waals surface area (Å²) in [5.41, 5.74) is 5.66. The van der Waals surface area contributed by atoms with Crippen LogP contribution in [0.25, 0.3) is 0 Å². The topological polar surface area (TPSA) is 29.3 Å². The lowest BCUT2D eigenvalue weighted by Gasteiger charge is -2.30. The minimum Gasteiger partial charge on any atom is -0.319 e. The van der Waals surface area contributed by atoms with E-state index in [-0.39, 0.29) is 5.37 Å². The Morgan fingerprint density at radius 1 is 1.50 bits per heavy atom. The highest BCUT2D eigenvalue weighted by Gasteiger charge is 2.19. The molecule has 1 atom stereocenters. The molecule has 0 spiro atoms. The molecule has 0 amide bonds. The van der Waals surface area contributed by atoms with Crippen molar-refractivity contribution in [3.05, 3.63) is 0 Å². The first-order valence-corrected chi connectivity index (χ1v) is 4.34. The molecule has 1 aliphatic heterocycles. The lowest BCUT2D eigenvalue weighted by atomic mass is 9.97. The normalized spacial score (nSPS) is 26.7. The van der Waals surface area contributed by atoms with Crippen LogP contribution in [0.15, 0.2) is 0 Å². The standard InChI is InChI=1S/C7H16N2S/c1-9-4-2-6(3-5-9)7(8)10/h6-7,10H,2-5,8H2,1H3. The maximum absolute atomic E-state index is 5.66. The second-order valence-corrected chi connectivity index (χ2v) is 3.73. The second kappa shape index (κ2) is 3.60. The van der Waals surface area contributed by atoms with Crippen molar-refractivity contribution in [3.63, 3.8) is 0 Å². The maximum Gasteiger partial charge on any atom is 0.0506 e. The van der Waals surface area contributed by atoms with Crippen LogP contribution < -0.4 is 5.73 Å². The molecule has 0 aromatic carbocycles. The van der Waals surface area contributed by atoms with Crippen molar-refractivity contribution in [1.29, 1.82) is 0 Å². The first-order valence-electron chi connectivity index (χ1n) is 3.82. The van der Waals surface area contributed by atoms with Crippen molar-refractivity contribution in [2.24, 2.45) is 11.7 Å². The van der Waals surface area contributed by atoms with E-state index in [0.717, 1.165) is 0 Å². The van der Waals surface area contributed by atoms with Gasteiger partial charge < -0.3 is 10.6 Å². The largest absolute Gasteiger partial charge is 0.319 e. The molecule has 0 saturated carbocycles. The third-order valence-corrected chi connectivity index (χ3v) is 2.67. The molecule has 1 heterocycles. The minimum absolute atomic E-state index is 0.0914. The number of hydrogen-bond acceptors (Lipinski definition) is 3. The van der Waals surface area contributed by atoms with Crippen LogP contribution in [0, 0.1) is 5.92 Å². The molecule has 2 N–H and O–H groups in total. The van der Waals surface area contributed by atoms with Gasteiger partial charge in [0.25, 0.3) is 0 Å². The fraction of sp³-hybridized carbons (Fsp3) is 1.00. The van der Waals surface area contributed by atoms with E-state index >= 15 is 0 Å². The van der Waals surface area contributed by atoms with E-state index in [1.54, 1.807) is 0 Å². The van der Waals surface area contributed by atoms with Crippen LogP contribution in [0.5, 0.6) is 0 Å². The summed E-state index contributed by atoms with van der Waals surface area (Å²) in [6.07, 6.45) is 2.42. The highest BCUT2D eigenvalue weighted by atomic mass is 32.1. The van der Waals surface area contributed by atoms with Crippen molar-refractivity contribution in [2.45, 2.75) is 18.2 Å². The molecule has 0 aromatic rings. The summed E-state index contributed by atoms with van der Waals surface area (Å²) in [7, 11) is 2.15. The molecule has 1 fully saturated rings. The molecule has 1 rings (SSSR count). The van der Waals surface area contributed by atoms with Crippen LogP contribution in [-0.4, -0.2) is 30.4 Å². The number of piperidine rings is 1. The molecule has 10 heavy (non-hydrogen) atoms. The van der Waals surface area contributed by atoms with E-state index in [2.05, 4.69) is 24.6 Å². The van der Waals surface area contributed by atoms with Gasteiger partial charge in [0.15, 0.2) is 0 Å². The van der Waals surface area contributed by atoms with E-state index < -0.39 is 0 Å². The van der Waals surface area contributed by atoms with Gasteiger partial charge in [-0.15, -0.1) is 0 Å². The summed E-state index contributed by atoms with van der Waals surface area (Å²) in [6, 6.07) is 0. The quantitative estimate of drug-likeness (QED) is 0.433. The van der Waals surface area contributed by atoms with Crippen molar-refractivity contribution < 1.29 is 0 Å². The first-order chi connectivity index (χ1) is 4.70. The van der Waals surface area contributed by atoms with Gasteiger partial charge in [-0.2, -0.15) is 12.6 Å². The van der Waals surface area contributed by atoms with Crippen molar-refractivity contribution in [1.82, 2.24) is 4.90 Å². The van der Waals surface area contributed by atoms with Crippen LogP contribution in [0.3, 0.4) is 0 Å². The maximum atomic E-state index is 5.66. The SMILES string of the molecule is CN1CCC(C(N)S)CC1. The fourth-order valence-electron chi connectivity index (χ4n) is 1.37. The van der Waals surface area contributed by atoms with Gasteiger partial charge in [-0.1, -0.05) is 0 Å². The number of rotatable bonds is 1. The minimum atomic E-state index is 0.0914. The zero-order chi connectivity index (χ0) is 7.56. The lowest BCUT2D eigenvalue weighted by molar-refractivity contribution is 0.218. The van der Waals surface area contributed by atoms with Crippen molar-refractivity contribution in [3.8, 4) is 0 Å². The molecule has 3 heteroatoms. The van der Waals surface area contributed by atoms with E-state index in [9.17, 15) is 0 Å². The summed E-state index contributed by atoms with van der Waals surface area (Å²) in [6.45, 7) is 2.36. The third-order valence-electron chi connectivity index (χ3n) is 2.25. The average Bonchev–Trinajstić information content (AvgIpc) is 1.88. The fourth-order valence-corrected chi connectivity index (χ4v) is 1.67. The Morgan fingerprint density at radius 2 is 2.00 bits per heavy atom. The van der Waals surface area contributed by atoms with Gasteiger partial charge in [-0.3, -0.25) is 0 Å². The summed E-state index contributed by atoms with van der Waals surface area (Å²) in [5.74, 6) is 0.638. The number of likely N-dealkylation sites (tertiary alicyclic amines) is 1. The summed E-state index contributed by atoms with van der Waals surface area (Å²) in [4.78, 5) is 2.34. The molecule has 2 nitrogen and oxygen atoms in total. The van der Waals surface area contributed by atoms with E-state index in [1.165, 1.54) is 25.9 Å².